The average molecular weight is 445 g/mol. The van der Waals surface area contributed by atoms with Gasteiger partial charge in [0.1, 0.15) is 0 Å². The summed E-state index contributed by atoms with van der Waals surface area (Å²) in [6, 6.07) is 17.8. The molecular weight excluding hydrogens is 426 g/mol. The van der Waals surface area contributed by atoms with Crippen LogP contribution >= 0.6 is 0 Å². The third-order valence-corrected chi connectivity index (χ3v) is 4.63. The highest BCUT2D eigenvalue weighted by Gasteiger charge is 2.22. The van der Waals surface area contributed by atoms with Crippen LogP contribution in [-0.4, -0.2) is 16.5 Å². The van der Waals surface area contributed by atoms with E-state index in [-0.39, 0.29) is 11.5 Å². The van der Waals surface area contributed by atoms with Gasteiger partial charge in [-0.05, 0) is 49.2 Å². The van der Waals surface area contributed by atoms with Crippen molar-refractivity contribution in [2.45, 2.75) is 13.8 Å². The number of aryl methyl sites for hydroxylation is 1. The van der Waals surface area contributed by atoms with Gasteiger partial charge in [0.05, 0.1) is 34.2 Å². The van der Waals surface area contributed by atoms with Crippen molar-refractivity contribution in [1.82, 2.24) is 0 Å². The van der Waals surface area contributed by atoms with Crippen molar-refractivity contribution in [2.24, 2.45) is 0 Å². The molecule has 0 saturated heterocycles. The number of hydrogen-bond donors (Lipinski definition) is 0. The largest absolute Gasteiger partial charge is 0.490 e. The van der Waals surface area contributed by atoms with Crippen LogP contribution < -0.4 is 9.47 Å². The number of benzene rings is 3. The molecule has 0 unspecified atom stereocenters. The van der Waals surface area contributed by atoms with E-state index in [1.807, 2.05) is 31.2 Å². The summed E-state index contributed by atoms with van der Waals surface area (Å²) in [5.74, 6) is 0.340. The Morgan fingerprint density at radius 2 is 1.67 bits per heavy atom. The average Bonchev–Trinajstić information content (AvgIpc) is 2.79. The Balaban J connectivity index is 1.98. The lowest BCUT2D eigenvalue weighted by atomic mass is 10.0. The van der Waals surface area contributed by atoms with Crippen LogP contribution in [-0.2, 0) is 0 Å². The molecule has 0 amide bonds. The molecule has 0 bridgehead atoms. The van der Waals surface area contributed by atoms with Crippen LogP contribution in [0.15, 0.2) is 60.7 Å². The summed E-state index contributed by atoms with van der Waals surface area (Å²) in [7, 11) is 0. The molecule has 0 saturated carbocycles. The molecule has 0 heterocycles. The Morgan fingerprint density at radius 1 is 0.970 bits per heavy atom. The maximum atomic E-state index is 11.4. The SMILES string of the molecule is CCOc1cc(/C=C(\C#N)c2ccc(C)cc2)ccc1Oc1ccc([N+](=O)[O-])cc1[N+](=O)[O-]. The smallest absolute Gasteiger partial charge is 0.318 e. The Bertz CT molecular complexity index is 1280. The molecule has 0 atom stereocenters. The van der Waals surface area contributed by atoms with Gasteiger partial charge in [0.15, 0.2) is 11.5 Å². The van der Waals surface area contributed by atoms with E-state index in [0.29, 0.717) is 23.5 Å². The molecule has 3 aromatic rings. The topological polar surface area (TPSA) is 129 Å². The summed E-state index contributed by atoms with van der Waals surface area (Å²) in [5.41, 5.74) is 2.01. The van der Waals surface area contributed by atoms with Crippen LogP contribution in [0.1, 0.15) is 23.6 Å². The van der Waals surface area contributed by atoms with E-state index in [1.165, 1.54) is 6.07 Å². The lowest BCUT2D eigenvalue weighted by Gasteiger charge is -2.12. The van der Waals surface area contributed by atoms with Gasteiger partial charge in [-0.1, -0.05) is 35.9 Å². The van der Waals surface area contributed by atoms with E-state index in [4.69, 9.17) is 9.47 Å². The van der Waals surface area contributed by atoms with Crippen LogP contribution in [0, 0.1) is 38.5 Å². The number of non-ortho nitro benzene ring substituents is 1. The second-order valence-corrected chi connectivity index (χ2v) is 6.94. The number of ether oxygens (including phenoxy) is 2. The van der Waals surface area contributed by atoms with Gasteiger partial charge in [-0.3, -0.25) is 20.2 Å². The van der Waals surface area contributed by atoms with Crippen LogP contribution in [0.4, 0.5) is 11.4 Å². The van der Waals surface area contributed by atoms with E-state index in [2.05, 4.69) is 6.07 Å². The number of nitrogens with zero attached hydrogens (tertiary/aromatic N) is 3. The van der Waals surface area contributed by atoms with Gasteiger partial charge in [0.25, 0.3) is 5.69 Å². The molecule has 0 N–H and O–H groups in total. The summed E-state index contributed by atoms with van der Waals surface area (Å²) in [6.07, 6.45) is 1.70. The van der Waals surface area contributed by atoms with Gasteiger partial charge < -0.3 is 9.47 Å². The zero-order valence-electron chi connectivity index (χ0n) is 17.8. The van der Waals surface area contributed by atoms with Crippen LogP contribution in [0.3, 0.4) is 0 Å². The van der Waals surface area contributed by atoms with Crippen molar-refractivity contribution in [1.29, 1.82) is 5.26 Å². The fraction of sp³-hybridized carbons (Fsp3) is 0.125. The highest BCUT2D eigenvalue weighted by atomic mass is 16.6. The molecule has 0 spiro atoms. The third-order valence-electron chi connectivity index (χ3n) is 4.63. The molecule has 0 aliphatic rings. The molecule has 0 radical (unpaired) electrons. The van der Waals surface area contributed by atoms with Crippen LogP contribution in [0.5, 0.6) is 17.2 Å². The number of allylic oxidation sites excluding steroid dienone is 1. The number of rotatable bonds is 8. The monoisotopic (exact) mass is 445 g/mol. The summed E-state index contributed by atoms with van der Waals surface area (Å²) in [6.45, 7) is 4.03. The number of hydrogen-bond acceptors (Lipinski definition) is 7. The second kappa shape index (κ2) is 10.1. The molecule has 0 fully saturated rings. The van der Waals surface area contributed by atoms with E-state index >= 15 is 0 Å². The van der Waals surface area contributed by atoms with Crippen LogP contribution in [0.2, 0.25) is 0 Å². The number of nitro groups is 2. The summed E-state index contributed by atoms with van der Waals surface area (Å²) in [4.78, 5) is 20.9. The minimum atomic E-state index is -0.749. The van der Waals surface area contributed by atoms with Crippen molar-refractivity contribution >= 4 is 23.0 Å². The number of nitriles is 1. The predicted octanol–water partition coefficient (Wildman–Crippen LogP) is 6.07. The molecule has 0 aliphatic heterocycles. The zero-order valence-corrected chi connectivity index (χ0v) is 17.8. The lowest BCUT2D eigenvalue weighted by molar-refractivity contribution is -0.394. The number of nitro benzene ring substituents is 2. The van der Waals surface area contributed by atoms with Crippen molar-refractivity contribution in [2.75, 3.05) is 6.61 Å². The first-order chi connectivity index (χ1) is 15.8. The molecule has 33 heavy (non-hydrogen) atoms. The Labute approximate surface area is 189 Å². The first kappa shape index (κ1) is 23.0. The lowest BCUT2D eigenvalue weighted by Crippen LogP contribution is -1.99. The Hall–Kier alpha value is -4.71. The maximum Gasteiger partial charge on any atom is 0.318 e. The van der Waals surface area contributed by atoms with Crippen molar-refractivity contribution in [3.63, 3.8) is 0 Å². The first-order valence-corrected chi connectivity index (χ1v) is 9.88. The van der Waals surface area contributed by atoms with E-state index in [0.717, 1.165) is 23.3 Å². The van der Waals surface area contributed by atoms with Crippen molar-refractivity contribution in [3.8, 4) is 23.3 Å². The molecule has 0 aliphatic carbocycles. The molecular formula is C24H19N3O6. The van der Waals surface area contributed by atoms with E-state index in [1.54, 1.807) is 31.2 Å². The Kier molecular flexibility index (Phi) is 7.00. The summed E-state index contributed by atoms with van der Waals surface area (Å²) in [5, 5.41) is 31.9. The van der Waals surface area contributed by atoms with Gasteiger partial charge in [0.2, 0.25) is 5.75 Å². The van der Waals surface area contributed by atoms with Crippen molar-refractivity contribution in [3.05, 3.63) is 97.6 Å². The maximum absolute atomic E-state index is 11.4. The highest BCUT2D eigenvalue weighted by molar-refractivity contribution is 5.89. The fourth-order valence-electron chi connectivity index (χ4n) is 3.01. The van der Waals surface area contributed by atoms with E-state index in [9.17, 15) is 25.5 Å². The summed E-state index contributed by atoms with van der Waals surface area (Å²) < 4.78 is 11.3. The van der Waals surface area contributed by atoms with Gasteiger partial charge in [-0.15, -0.1) is 0 Å². The normalized spacial score (nSPS) is 10.9. The van der Waals surface area contributed by atoms with Crippen LogP contribution in [0.25, 0.3) is 11.6 Å². The standard InChI is InChI=1S/C24H19N3O6/c1-3-32-24-13-17(12-19(15-25)18-7-4-16(2)5-8-18)6-10-23(24)33-22-11-9-20(26(28)29)14-21(22)27(30)31/h4-14H,3H2,1-2H3/b19-12+. The van der Waals surface area contributed by atoms with Gasteiger partial charge in [-0.2, -0.15) is 5.26 Å². The molecule has 9 nitrogen and oxygen atoms in total. The van der Waals surface area contributed by atoms with Gasteiger partial charge >= 0.3 is 5.69 Å². The van der Waals surface area contributed by atoms with Gasteiger partial charge in [-0.25, -0.2) is 0 Å². The third kappa shape index (κ3) is 5.51. The van der Waals surface area contributed by atoms with Gasteiger partial charge in [0, 0.05) is 6.07 Å². The molecule has 9 heteroatoms. The molecule has 0 aromatic heterocycles. The van der Waals surface area contributed by atoms with E-state index < -0.39 is 21.2 Å². The Morgan fingerprint density at radius 3 is 2.27 bits per heavy atom. The molecule has 3 aromatic carbocycles. The van der Waals surface area contributed by atoms with Crippen molar-refractivity contribution < 1.29 is 19.3 Å². The quantitative estimate of drug-likeness (QED) is 0.178. The summed E-state index contributed by atoms with van der Waals surface area (Å²) >= 11 is 0. The second-order valence-electron chi connectivity index (χ2n) is 6.94. The zero-order chi connectivity index (χ0) is 24.0. The minimum absolute atomic E-state index is 0.160. The minimum Gasteiger partial charge on any atom is -0.490 e. The predicted molar refractivity (Wildman–Crippen MR) is 122 cm³/mol. The molecule has 3 rings (SSSR count). The fourth-order valence-corrected chi connectivity index (χ4v) is 3.01. The highest BCUT2D eigenvalue weighted by Crippen LogP contribution is 2.39. The first-order valence-electron chi connectivity index (χ1n) is 9.88. The molecule has 166 valence electrons.